The van der Waals surface area contributed by atoms with Crippen LogP contribution in [0.2, 0.25) is 0 Å². The molecule has 7 heteroatoms. The fraction of sp³-hybridized carbons (Fsp3) is 0.368. The maximum absolute atomic E-state index is 11.4. The molecule has 1 heterocycles. The molecule has 6 nitrogen and oxygen atoms in total. The predicted octanol–water partition coefficient (Wildman–Crippen LogP) is 3.54. The van der Waals surface area contributed by atoms with Gasteiger partial charge in [0.25, 0.3) is 5.69 Å². The van der Waals surface area contributed by atoms with Gasteiger partial charge in [0.15, 0.2) is 0 Å². The first kappa shape index (κ1) is 20.0. The molecule has 2 N–H and O–H groups in total. The van der Waals surface area contributed by atoms with E-state index in [0.717, 1.165) is 38.3 Å². The number of nitro groups is 1. The molecule has 0 amide bonds. The number of anilines is 2. The predicted molar refractivity (Wildman–Crippen MR) is 108 cm³/mol. The van der Waals surface area contributed by atoms with Gasteiger partial charge in [-0.15, -0.1) is 12.4 Å². The van der Waals surface area contributed by atoms with E-state index in [-0.39, 0.29) is 23.0 Å². The fourth-order valence-corrected chi connectivity index (χ4v) is 3.20. The van der Waals surface area contributed by atoms with E-state index in [4.69, 9.17) is 5.73 Å². The average Bonchev–Trinajstić information content (AvgIpc) is 2.59. The Bertz CT molecular complexity index is 772. The zero-order valence-electron chi connectivity index (χ0n) is 15.1. The Morgan fingerprint density at radius 2 is 1.69 bits per heavy atom. The number of piperazine rings is 1. The highest BCUT2D eigenvalue weighted by atomic mass is 35.5. The van der Waals surface area contributed by atoms with E-state index >= 15 is 0 Å². The molecule has 1 saturated heterocycles. The molecule has 0 aromatic heterocycles. The summed E-state index contributed by atoms with van der Waals surface area (Å²) in [6, 6.07) is 11.9. The lowest BCUT2D eigenvalue weighted by molar-refractivity contribution is -0.384. The summed E-state index contributed by atoms with van der Waals surface area (Å²) in [5.74, 6) is 0. The van der Waals surface area contributed by atoms with E-state index in [2.05, 4.69) is 41.0 Å². The summed E-state index contributed by atoms with van der Waals surface area (Å²) in [4.78, 5) is 15.5. The highest BCUT2D eigenvalue weighted by Crippen LogP contribution is 2.33. The lowest BCUT2D eigenvalue weighted by Crippen LogP contribution is -2.46. The topological polar surface area (TPSA) is 75.6 Å². The van der Waals surface area contributed by atoms with Gasteiger partial charge in [-0.1, -0.05) is 29.8 Å². The van der Waals surface area contributed by atoms with Crippen LogP contribution in [0.3, 0.4) is 0 Å². The molecule has 1 aliphatic heterocycles. The summed E-state index contributed by atoms with van der Waals surface area (Å²) in [5, 5.41) is 11.4. The van der Waals surface area contributed by atoms with Gasteiger partial charge in [-0.3, -0.25) is 15.0 Å². The molecule has 26 heavy (non-hydrogen) atoms. The number of hydrogen-bond donors (Lipinski definition) is 1. The molecule has 0 saturated carbocycles. The summed E-state index contributed by atoms with van der Waals surface area (Å²) in [7, 11) is 0. The second kappa shape index (κ2) is 8.38. The van der Waals surface area contributed by atoms with Gasteiger partial charge in [0, 0.05) is 44.5 Å². The number of nitro benzene ring substituents is 1. The van der Waals surface area contributed by atoms with Crippen LogP contribution in [0.15, 0.2) is 36.4 Å². The number of halogens is 1. The van der Waals surface area contributed by atoms with Crippen molar-refractivity contribution in [1.29, 1.82) is 0 Å². The number of nitrogens with two attached hydrogens (primary N) is 1. The van der Waals surface area contributed by atoms with Crippen LogP contribution in [0.4, 0.5) is 17.1 Å². The standard InChI is InChI=1S/C19H24N4O2.ClH/c1-14-3-5-16(6-4-14)13-21-7-9-22(10-8-21)18-12-17(20)15(2)11-19(18)23(24)25;/h3-6,11-12H,7-10,13,20H2,1-2H3;1H. The first-order valence-corrected chi connectivity index (χ1v) is 8.51. The van der Waals surface area contributed by atoms with Crippen molar-refractivity contribution < 1.29 is 4.92 Å². The van der Waals surface area contributed by atoms with Gasteiger partial charge in [0.2, 0.25) is 0 Å². The molecule has 1 aliphatic rings. The third kappa shape index (κ3) is 4.45. The van der Waals surface area contributed by atoms with Crippen LogP contribution in [0.5, 0.6) is 0 Å². The minimum atomic E-state index is -0.319. The van der Waals surface area contributed by atoms with Crippen molar-refractivity contribution in [3.63, 3.8) is 0 Å². The van der Waals surface area contributed by atoms with E-state index in [1.54, 1.807) is 19.1 Å². The van der Waals surface area contributed by atoms with Crippen LogP contribution in [-0.2, 0) is 6.54 Å². The van der Waals surface area contributed by atoms with E-state index in [9.17, 15) is 10.1 Å². The molecular weight excluding hydrogens is 352 g/mol. The number of rotatable bonds is 4. The van der Waals surface area contributed by atoms with Crippen LogP contribution in [-0.4, -0.2) is 36.0 Å². The summed E-state index contributed by atoms with van der Waals surface area (Å²) in [5.41, 5.74) is 10.6. The lowest BCUT2D eigenvalue weighted by atomic mass is 10.1. The van der Waals surface area contributed by atoms with Crippen molar-refractivity contribution in [3.05, 3.63) is 63.2 Å². The van der Waals surface area contributed by atoms with E-state index in [1.165, 1.54) is 11.1 Å². The average molecular weight is 377 g/mol. The maximum Gasteiger partial charge on any atom is 0.292 e. The molecular formula is C19H25ClN4O2. The Hall–Kier alpha value is -2.31. The maximum atomic E-state index is 11.4. The largest absolute Gasteiger partial charge is 0.398 e. The molecule has 0 radical (unpaired) electrons. The quantitative estimate of drug-likeness (QED) is 0.501. The minimum Gasteiger partial charge on any atom is -0.398 e. The molecule has 140 valence electrons. The third-order valence-electron chi connectivity index (χ3n) is 4.80. The number of nitrogens with zero attached hydrogens (tertiary/aromatic N) is 3. The van der Waals surface area contributed by atoms with Gasteiger partial charge < -0.3 is 10.6 Å². The summed E-state index contributed by atoms with van der Waals surface area (Å²) >= 11 is 0. The number of hydrogen-bond acceptors (Lipinski definition) is 5. The third-order valence-corrected chi connectivity index (χ3v) is 4.80. The zero-order valence-corrected chi connectivity index (χ0v) is 16.0. The molecule has 3 rings (SSSR count). The number of benzene rings is 2. The van der Waals surface area contributed by atoms with E-state index in [1.807, 2.05) is 0 Å². The normalized spacial score (nSPS) is 14.8. The van der Waals surface area contributed by atoms with Crippen molar-refractivity contribution in [1.82, 2.24) is 4.90 Å². The van der Waals surface area contributed by atoms with Crippen LogP contribution >= 0.6 is 12.4 Å². The van der Waals surface area contributed by atoms with Crippen LogP contribution in [0.1, 0.15) is 16.7 Å². The van der Waals surface area contributed by atoms with Crippen molar-refractivity contribution in [2.75, 3.05) is 36.8 Å². The van der Waals surface area contributed by atoms with Gasteiger partial charge in [-0.2, -0.15) is 0 Å². The van der Waals surface area contributed by atoms with Crippen LogP contribution in [0, 0.1) is 24.0 Å². The Balaban J connectivity index is 0.00000243. The van der Waals surface area contributed by atoms with Gasteiger partial charge in [-0.25, -0.2) is 0 Å². The summed E-state index contributed by atoms with van der Waals surface area (Å²) in [6.45, 7) is 8.06. The molecule has 0 atom stereocenters. The molecule has 0 spiro atoms. The zero-order chi connectivity index (χ0) is 18.0. The fourth-order valence-electron chi connectivity index (χ4n) is 3.20. The van der Waals surface area contributed by atoms with Crippen LogP contribution in [0.25, 0.3) is 0 Å². The smallest absolute Gasteiger partial charge is 0.292 e. The molecule has 2 aromatic rings. The highest BCUT2D eigenvalue weighted by molar-refractivity contribution is 5.85. The number of nitrogen functional groups attached to an aromatic ring is 1. The summed E-state index contributed by atoms with van der Waals surface area (Å²) < 4.78 is 0. The van der Waals surface area contributed by atoms with Crippen molar-refractivity contribution in [3.8, 4) is 0 Å². The monoisotopic (exact) mass is 376 g/mol. The van der Waals surface area contributed by atoms with Gasteiger partial charge in [0.05, 0.1) is 4.92 Å². The molecule has 0 aliphatic carbocycles. The SMILES string of the molecule is Cc1ccc(CN2CCN(c3cc(N)c(C)cc3[N+](=O)[O-])CC2)cc1.Cl. The van der Waals surface area contributed by atoms with Gasteiger partial charge in [-0.05, 0) is 31.0 Å². The second-order valence-corrected chi connectivity index (χ2v) is 6.70. The molecule has 2 aromatic carbocycles. The van der Waals surface area contributed by atoms with Crippen molar-refractivity contribution in [2.45, 2.75) is 20.4 Å². The first-order chi connectivity index (χ1) is 11.9. The van der Waals surface area contributed by atoms with Crippen LogP contribution < -0.4 is 10.6 Å². The van der Waals surface area contributed by atoms with Gasteiger partial charge in [0.1, 0.15) is 5.69 Å². The molecule has 0 bridgehead atoms. The molecule has 1 fully saturated rings. The van der Waals surface area contributed by atoms with E-state index in [0.29, 0.717) is 11.4 Å². The Morgan fingerprint density at radius 3 is 2.27 bits per heavy atom. The number of aryl methyl sites for hydroxylation is 2. The second-order valence-electron chi connectivity index (χ2n) is 6.70. The van der Waals surface area contributed by atoms with Crippen molar-refractivity contribution in [2.24, 2.45) is 0 Å². The highest BCUT2D eigenvalue weighted by Gasteiger charge is 2.24. The first-order valence-electron chi connectivity index (χ1n) is 8.51. The van der Waals surface area contributed by atoms with E-state index < -0.39 is 0 Å². The van der Waals surface area contributed by atoms with Gasteiger partial charge >= 0.3 is 0 Å². The Morgan fingerprint density at radius 1 is 1.08 bits per heavy atom. The lowest BCUT2D eigenvalue weighted by Gasteiger charge is -2.36. The molecule has 0 unspecified atom stereocenters. The summed E-state index contributed by atoms with van der Waals surface area (Å²) in [6.07, 6.45) is 0. The Kier molecular flexibility index (Phi) is 6.45. The minimum absolute atomic E-state index is 0. The van der Waals surface area contributed by atoms with Crippen molar-refractivity contribution >= 4 is 29.5 Å². The Labute approximate surface area is 160 Å².